The molecule has 1 rings (SSSR count). The van der Waals surface area contributed by atoms with Crippen LogP contribution in [0.1, 0.15) is 18.9 Å². The molecule has 1 aromatic carbocycles. The van der Waals surface area contributed by atoms with E-state index in [1.807, 2.05) is 32.0 Å². The van der Waals surface area contributed by atoms with Crippen LogP contribution in [-0.4, -0.2) is 23.8 Å². The molecule has 17 heavy (non-hydrogen) atoms. The van der Waals surface area contributed by atoms with Crippen LogP contribution in [0.3, 0.4) is 0 Å². The predicted molar refractivity (Wildman–Crippen MR) is 77.2 cm³/mol. The van der Waals surface area contributed by atoms with E-state index in [4.69, 9.17) is 5.11 Å². The molecule has 1 unspecified atom stereocenters. The fourth-order valence-electron chi connectivity index (χ4n) is 1.36. The number of anilines is 1. The van der Waals surface area contributed by atoms with Gasteiger partial charge in [0.25, 0.3) is 0 Å². The van der Waals surface area contributed by atoms with E-state index in [9.17, 15) is 4.79 Å². The highest BCUT2D eigenvalue weighted by Crippen LogP contribution is 2.20. The van der Waals surface area contributed by atoms with Crippen molar-refractivity contribution in [1.29, 1.82) is 0 Å². The Kier molecular flexibility index (Phi) is 5.70. The number of aliphatic hydroxyl groups excluding tert-OH is 1. The van der Waals surface area contributed by atoms with Gasteiger partial charge in [0.2, 0.25) is 0 Å². The molecule has 0 aliphatic rings. The molecule has 0 aliphatic heterocycles. The second-order valence-corrected chi connectivity index (χ2v) is 4.96. The van der Waals surface area contributed by atoms with Crippen LogP contribution in [0, 0.1) is 10.5 Å². The zero-order valence-electron chi connectivity index (χ0n) is 9.96. The van der Waals surface area contributed by atoms with Gasteiger partial charge in [-0.3, -0.25) is 0 Å². The minimum Gasteiger partial charge on any atom is -0.394 e. The van der Waals surface area contributed by atoms with Crippen molar-refractivity contribution in [3.8, 4) is 0 Å². The number of aliphatic hydroxyl groups is 1. The predicted octanol–water partition coefficient (Wildman–Crippen LogP) is 2.49. The third kappa shape index (κ3) is 4.16. The Labute approximate surface area is 115 Å². The Hall–Kier alpha value is -0.820. The zero-order chi connectivity index (χ0) is 12.8. The first-order valence-electron chi connectivity index (χ1n) is 5.52. The first-order valence-corrected chi connectivity index (χ1v) is 6.59. The molecular weight excluding hydrogens is 331 g/mol. The average Bonchev–Trinajstić information content (AvgIpc) is 2.32. The van der Waals surface area contributed by atoms with E-state index >= 15 is 0 Å². The lowest BCUT2D eigenvalue weighted by Crippen LogP contribution is -2.39. The molecule has 1 aromatic rings. The van der Waals surface area contributed by atoms with Crippen LogP contribution in [-0.2, 0) is 0 Å². The number of hydrogen-bond donors (Lipinski definition) is 3. The van der Waals surface area contributed by atoms with Crippen LogP contribution >= 0.6 is 22.6 Å². The first-order chi connectivity index (χ1) is 8.08. The van der Waals surface area contributed by atoms with Crippen LogP contribution in [0.25, 0.3) is 0 Å². The van der Waals surface area contributed by atoms with Crippen molar-refractivity contribution < 1.29 is 9.90 Å². The highest BCUT2D eigenvalue weighted by Gasteiger charge is 2.10. The molecule has 0 aromatic heterocycles. The van der Waals surface area contributed by atoms with Crippen LogP contribution in [0.2, 0.25) is 0 Å². The number of nitrogens with one attached hydrogen (secondary N) is 2. The van der Waals surface area contributed by atoms with Gasteiger partial charge in [-0.15, -0.1) is 0 Å². The lowest BCUT2D eigenvalue weighted by molar-refractivity contribution is 0.222. The lowest BCUT2D eigenvalue weighted by atomic mass is 10.2. The molecule has 3 N–H and O–H groups in total. The molecule has 0 saturated carbocycles. The minimum atomic E-state index is -0.281. The molecule has 94 valence electrons. The Morgan fingerprint density at radius 1 is 1.53 bits per heavy atom. The quantitative estimate of drug-likeness (QED) is 0.733. The fourth-order valence-corrected chi connectivity index (χ4v) is 1.86. The molecule has 0 heterocycles. The van der Waals surface area contributed by atoms with E-state index in [0.29, 0.717) is 6.42 Å². The monoisotopic (exact) mass is 348 g/mol. The van der Waals surface area contributed by atoms with E-state index in [-0.39, 0.29) is 18.7 Å². The number of carbonyl (C=O) groups is 1. The van der Waals surface area contributed by atoms with Crippen molar-refractivity contribution >= 4 is 34.3 Å². The molecule has 0 bridgehead atoms. The van der Waals surface area contributed by atoms with Gasteiger partial charge >= 0.3 is 6.03 Å². The Morgan fingerprint density at radius 2 is 2.24 bits per heavy atom. The normalized spacial score (nSPS) is 12.0. The highest BCUT2D eigenvalue weighted by atomic mass is 127. The molecular formula is C12H17IN2O2. The van der Waals surface area contributed by atoms with Crippen molar-refractivity contribution in [3.63, 3.8) is 0 Å². The van der Waals surface area contributed by atoms with Crippen LogP contribution in [0.4, 0.5) is 10.5 Å². The van der Waals surface area contributed by atoms with E-state index in [2.05, 4.69) is 33.2 Å². The number of benzene rings is 1. The summed E-state index contributed by atoms with van der Waals surface area (Å²) < 4.78 is 1.11. The van der Waals surface area contributed by atoms with Gasteiger partial charge < -0.3 is 15.7 Å². The molecule has 5 heteroatoms. The molecule has 0 radical (unpaired) electrons. The maximum atomic E-state index is 11.7. The number of rotatable bonds is 4. The molecule has 1 atom stereocenters. The van der Waals surface area contributed by atoms with Gasteiger partial charge in [-0.25, -0.2) is 4.79 Å². The molecule has 4 nitrogen and oxygen atoms in total. The minimum absolute atomic E-state index is 0.0464. The SMILES string of the molecule is CCC(CO)NC(=O)Nc1cccc(I)c1C. The summed E-state index contributed by atoms with van der Waals surface area (Å²) in [6.07, 6.45) is 0.704. The van der Waals surface area contributed by atoms with E-state index in [1.165, 1.54) is 0 Å². The summed E-state index contributed by atoms with van der Waals surface area (Å²) in [6, 6.07) is 5.26. The van der Waals surface area contributed by atoms with Gasteiger partial charge in [-0.05, 0) is 53.6 Å². The Bertz CT molecular complexity index is 392. The summed E-state index contributed by atoms with van der Waals surface area (Å²) in [5.74, 6) is 0. The molecule has 0 aliphatic carbocycles. The summed E-state index contributed by atoms with van der Waals surface area (Å²) in [5.41, 5.74) is 1.84. The van der Waals surface area contributed by atoms with E-state index in [1.54, 1.807) is 0 Å². The lowest BCUT2D eigenvalue weighted by Gasteiger charge is -2.16. The maximum absolute atomic E-state index is 11.7. The standard InChI is InChI=1S/C12H17IN2O2/c1-3-9(7-16)14-12(17)15-11-6-4-5-10(13)8(11)2/h4-6,9,16H,3,7H2,1-2H3,(H2,14,15,17). The highest BCUT2D eigenvalue weighted by molar-refractivity contribution is 14.1. The molecule has 0 spiro atoms. The number of urea groups is 1. The van der Waals surface area contributed by atoms with Crippen molar-refractivity contribution in [2.24, 2.45) is 0 Å². The fraction of sp³-hybridized carbons (Fsp3) is 0.417. The summed E-state index contributed by atoms with van der Waals surface area (Å²) >= 11 is 2.23. The van der Waals surface area contributed by atoms with Crippen molar-refractivity contribution in [3.05, 3.63) is 27.3 Å². The van der Waals surface area contributed by atoms with Gasteiger partial charge in [0, 0.05) is 9.26 Å². The van der Waals surface area contributed by atoms with Gasteiger partial charge in [-0.2, -0.15) is 0 Å². The Balaban J connectivity index is 2.65. The van der Waals surface area contributed by atoms with Gasteiger partial charge in [0.05, 0.1) is 12.6 Å². The second kappa shape index (κ2) is 6.80. The topological polar surface area (TPSA) is 61.4 Å². The largest absolute Gasteiger partial charge is 0.394 e. The Morgan fingerprint density at radius 3 is 2.82 bits per heavy atom. The molecule has 0 fully saturated rings. The number of halogens is 1. The number of amides is 2. The summed E-state index contributed by atoms with van der Waals surface area (Å²) in [7, 11) is 0. The van der Waals surface area contributed by atoms with Gasteiger partial charge in [0.1, 0.15) is 0 Å². The summed E-state index contributed by atoms with van der Waals surface area (Å²) in [5, 5.41) is 14.5. The van der Waals surface area contributed by atoms with Crippen LogP contribution in [0.5, 0.6) is 0 Å². The maximum Gasteiger partial charge on any atom is 0.319 e. The van der Waals surface area contributed by atoms with Crippen molar-refractivity contribution in [1.82, 2.24) is 5.32 Å². The van der Waals surface area contributed by atoms with E-state index in [0.717, 1.165) is 14.8 Å². The first kappa shape index (κ1) is 14.2. The van der Waals surface area contributed by atoms with Crippen molar-refractivity contribution in [2.75, 3.05) is 11.9 Å². The van der Waals surface area contributed by atoms with Crippen LogP contribution in [0.15, 0.2) is 18.2 Å². The molecule has 2 amide bonds. The van der Waals surface area contributed by atoms with Gasteiger partial charge in [0.15, 0.2) is 0 Å². The second-order valence-electron chi connectivity index (χ2n) is 3.80. The van der Waals surface area contributed by atoms with Gasteiger partial charge in [-0.1, -0.05) is 13.0 Å². The summed E-state index contributed by atoms with van der Waals surface area (Å²) in [4.78, 5) is 11.7. The van der Waals surface area contributed by atoms with Crippen LogP contribution < -0.4 is 10.6 Å². The number of hydrogen-bond acceptors (Lipinski definition) is 2. The third-order valence-corrected chi connectivity index (χ3v) is 3.73. The zero-order valence-corrected chi connectivity index (χ0v) is 12.1. The van der Waals surface area contributed by atoms with E-state index < -0.39 is 0 Å². The average molecular weight is 348 g/mol. The summed E-state index contributed by atoms with van der Waals surface area (Å²) in [6.45, 7) is 3.83. The smallest absolute Gasteiger partial charge is 0.319 e. The number of carbonyl (C=O) groups excluding carboxylic acids is 1. The molecule has 0 saturated heterocycles. The third-order valence-electron chi connectivity index (χ3n) is 2.56. The van der Waals surface area contributed by atoms with Crippen molar-refractivity contribution in [2.45, 2.75) is 26.3 Å².